The largest absolute Gasteiger partial charge is 0.469 e. The molecule has 0 fully saturated rings. The first kappa shape index (κ1) is 18.5. The molecule has 0 unspecified atom stereocenters. The van der Waals surface area contributed by atoms with Crippen molar-refractivity contribution in [3.8, 4) is 6.07 Å². The molecule has 132 valence electrons. The second-order valence-electron chi connectivity index (χ2n) is 5.64. The first-order chi connectivity index (χ1) is 11.9. The number of carbonyl (C=O) groups is 2. The molecule has 0 N–H and O–H groups in total. The van der Waals surface area contributed by atoms with Gasteiger partial charge in [0.05, 0.1) is 37.3 Å². The Kier molecular flexibility index (Phi) is 5.45. The molecular weight excluding hydrogens is 326 g/mol. The van der Waals surface area contributed by atoms with Gasteiger partial charge in [-0.1, -0.05) is 0 Å². The standard InChI is InChI=1S/C18H19NO6/c1-18(24-4)9-13(16(20)22-2)14(17(21)23-3)15(25-18)12-7-5-11(10-19)6-8-12/h5-8,13H,9H2,1-4H3/t13-,18-/m1/s1. The van der Waals surface area contributed by atoms with Crippen LogP contribution in [0.25, 0.3) is 5.76 Å². The highest BCUT2D eigenvalue weighted by Crippen LogP contribution is 2.41. The summed E-state index contributed by atoms with van der Waals surface area (Å²) < 4.78 is 21.0. The van der Waals surface area contributed by atoms with Crippen LogP contribution in [0.5, 0.6) is 0 Å². The number of benzene rings is 1. The van der Waals surface area contributed by atoms with Crippen LogP contribution in [0.2, 0.25) is 0 Å². The number of methoxy groups -OCH3 is 3. The molecule has 7 heteroatoms. The molecule has 1 heterocycles. The quantitative estimate of drug-likeness (QED) is 0.770. The molecule has 1 aliphatic heterocycles. The molecule has 2 atom stereocenters. The Morgan fingerprint density at radius 2 is 1.84 bits per heavy atom. The highest BCUT2D eigenvalue weighted by atomic mass is 16.7. The molecule has 0 bridgehead atoms. The zero-order valence-electron chi connectivity index (χ0n) is 14.5. The SMILES string of the molecule is COC(=O)C1=C(c2ccc(C#N)cc2)O[C@@](C)(OC)C[C@H]1C(=O)OC. The number of rotatable bonds is 4. The van der Waals surface area contributed by atoms with Gasteiger partial charge in [0.25, 0.3) is 0 Å². The van der Waals surface area contributed by atoms with Crippen molar-refractivity contribution in [2.45, 2.75) is 19.1 Å². The maximum Gasteiger partial charge on any atom is 0.338 e. The number of hydrogen-bond acceptors (Lipinski definition) is 7. The van der Waals surface area contributed by atoms with Crippen molar-refractivity contribution >= 4 is 17.7 Å². The molecule has 1 aromatic carbocycles. The van der Waals surface area contributed by atoms with Gasteiger partial charge in [0.1, 0.15) is 5.76 Å². The second kappa shape index (κ2) is 7.36. The molecule has 0 aromatic heterocycles. The van der Waals surface area contributed by atoms with Crippen molar-refractivity contribution in [2.24, 2.45) is 5.92 Å². The lowest BCUT2D eigenvalue weighted by atomic mass is 9.86. The van der Waals surface area contributed by atoms with Gasteiger partial charge in [-0.15, -0.1) is 0 Å². The molecule has 0 saturated heterocycles. The Bertz CT molecular complexity index is 746. The Morgan fingerprint density at radius 3 is 2.32 bits per heavy atom. The smallest absolute Gasteiger partial charge is 0.338 e. The van der Waals surface area contributed by atoms with Gasteiger partial charge in [-0.3, -0.25) is 4.79 Å². The van der Waals surface area contributed by atoms with Crippen LogP contribution in [-0.4, -0.2) is 39.1 Å². The average Bonchev–Trinajstić information content (AvgIpc) is 2.66. The number of ether oxygens (including phenoxy) is 4. The lowest BCUT2D eigenvalue weighted by Crippen LogP contribution is -2.42. The fourth-order valence-corrected chi connectivity index (χ4v) is 2.67. The molecule has 0 spiro atoms. The van der Waals surface area contributed by atoms with Gasteiger partial charge in [-0.25, -0.2) is 4.79 Å². The first-order valence-electron chi connectivity index (χ1n) is 7.54. The summed E-state index contributed by atoms with van der Waals surface area (Å²) in [6, 6.07) is 8.46. The van der Waals surface area contributed by atoms with Crippen LogP contribution in [-0.2, 0) is 28.5 Å². The van der Waals surface area contributed by atoms with Crippen molar-refractivity contribution in [1.82, 2.24) is 0 Å². The van der Waals surface area contributed by atoms with Crippen molar-refractivity contribution in [3.63, 3.8) is 0 Å². The van der Waals surface area contributed by atoms with E-state index in [1.807, 2.05) is 6.07 Å². The monoisotopic (exact) mass is 345 g/mol. The Hall–Kier alpha value is -2.85. The number of nitrogens with zero attached hydrogens (tertiary/aromatic N) is 1. The van der Waals surface area contributed by atoms with E-state index in [1.165, 1.54) is 21.3 Å². The van der Waals surface area contributed by atoms with Gasteiger partial charge < -0.3 is 18.9 Å². The van der Waals surface area contributed by atoms with E-state index < -0.39 is 23.6 Å². The molecule has 1 aromatic rings. The first-order valence-corrected chi connectivity index (χ1v) is 7.54. The van der Waals surface area contributed by atoms with E-state index in [9.17, 15) is 9.59 Å². The minimum Gasteiger partial charge on any atom is -0.469 e. The summed E-state index contributed by atoms with van der Waals surface area (Å²) in [5.41, 5.74) is 1.05. The predicted molar refractivity (Wildman–Crippen MR) is 86.7 cm³/mol. The Balaban J connectivity index is 2.67. The van der Waals surface area contributed by atoms with Crippen molar-refractivity contribution in [1.29, 1.82) is 5.26 Å². The zero-order chi connectivity index (χ0) is 18.6. The van der Waals surface area contributed by atoms with Crippen LogP contribution in [0.1, 0.15) is 24.5 Å². The number of carbonyl (C=O) groups excluding carboxylic acids is 2. The van der Waals surface area contributed by atoms with Gasteiger partial charge in [0, 0.05) is 26.0 Å². The summed E-state index contributed by atoms with van der Waals surface area (Å²) in [6.07, 6.45) is 0.0976. The molecule has 1 aliphatic rings. The molecule has 0 amide bonds. The van der Waals surface area contributed by atoms with E-state index in [2.05, 4.69) is 0 Å². The summed E-state index contributed by atoms with van der Waals surface area (Å²) in [4.78, 5) is 24.6. The fraction of sp³-hybridized carbons (Fsp3) is 0.389. The molecule has 0 radical (unpaired) electrons. The van der Waals surface area contributed by atoms with Crippen LogP contribution >= 0.6 is 0 Å². The lowest BCUT2D eigenvalue weighted by molar-refractivity contribution is -0.192. The molecule has 0 aliphatic carbocycles. The third-order valence-electron chi connectivity index (χ3n) is 4.08. The van der Waals surface area contributed by atoms with Crippen LogP contribution in [0.4, 0.5) is 0 Å². The third kappa shape index (κ3) is 3.64. The second-order valence-corrected chi connectivity index (χ2v) is 5.64. The summed E-state index contributed by atoms with van der Waals surface area (Å²) in [5.74, 6) is -3.13. The van der Waals surface area contributed by atoms with Gasteiger partial charge in [-0.05, 0) is 24.3 Å². The molecular formula is C18H19NO6. The minimum absolute atomic E-state index is 0.0635. The Labute approximate surface area is 145 Å². The zero-order valence-corrected chi connectivity index (χ0v) is 14.5. The Morgan fingerprint density at radius 1 is 1.20 bits per heavy atom. The topological polar surface area (TPSA) is 94.9 Å². The predicted octanol–water partition coefficient (Wildman–Crippen LogP) is 2.01. The van der Waals surface area contributed by atoms with Crippen LogP contribution in [0.15, 0.2) is 29.8 Å². The summed E-state index contributed by atoms with van der Waals surface area (Å²) in [7, 11) is 3.93. The van der Waals surface area contributed by atoms with Gasteiger partial charge in [0.2, 0.25) is 5.79 Å². The number of esters is 2. The van der Waals surface area contributed by atoms with Gasteiger partial charge in [0.15, 0.2) is 0 Å². The average molecular weight is 345 g/mol. The van der Waals surface area contributed by atoms with E-state index in [-0.39, 0.29) is 17.8 Å². The van der Waals surface area contributed by atoms with Crippen LogP contribution in [0.3, 0.4) is 0 Å². The van der Waals surface area contributed by atoms with Crippen LogP contribution < -0.4 is 0 Å². The molecule has 25 heavy (non-hydrogen) atoms. The van der Waals surface area contributed by atoms with Crippen molar-refractivity contribution in [3.05, 3.63) is 41.0 Å². The van der Waals surface area contributed by atoms with E-state index in [1.54, 1.807) is 31.2 Å². The highest BCUT2D eigenvalue weighted by Gasteiger charge is 2.46. The molecule has 0 saturated carbocycles. The summed E-state index contributed by atoms with van der Waals surface area (Å²) in [6.45, 7) is 1.67. The summed E-state index contributed by atoms with van der Waals surface area (Å²) >= 11 is 0. The maximum absolute atomic E-state index is 12.3. The minimum atomic E-state index is -1.13. The van der Waals surface area contributed by atoms with Crippen molar-refractivity contribution in [2.75, 3.05) is 21.3 Å². The molecule has 7 nitrogen and oxygen atoms in total. The van der Waals surface area contributed by atoms with Crippen LogP contribution in [0, 0.1) is 17.2 Å². The fourth-order valence-electron chi connectivity index (χ4n) is 2.67. The van der Waals surface area contributed by atoms with E-state index in [0.717, 1.165) is 0 Å². The number of nitriles is 1. The lowest BCUT2D eigenvalue weighted by Gasteiger charge is -2.38. The van der Waals surface area contributed by atoms with E-state index >= 15 is 0 Å². The van der Waals surface area contributed by atoms with Gasteiger partial charge in [-0.2, -0.15) is 5.26 Å². The highest BCUT2D eigenvalue weighted by molar-refractivity contribution is 6.02. The maximum atomic E-state index is 12.3. The van der Waals surface area contributed by atoms with Crippen molar-refractivity contribution < 1.29 is 28.5 Å². The van der Waals surface area contributed by atoms with Gasteiger partial charge >= 0.3 is 11.9 Å². The number of hydrogen-bond donors (Lipinski definition) is 0. The molecule has 2 rings (SSSR count). The normalized spacial score (nSPS) is 22.6. The van der Waals surface area contributed by atoms with E-state index in [4.69, 9.17) is 24.2 Å². The summed E-state index contributed by atoms with van der Waals surface area (Å²) in [5, 5.41) is 8.94. The van der Waals surface area contributed by atoms with E-state index in [0.29, 0.717) is 11.1 Å². The third-order valence-corrected chi connectivity index (χ3v) is 4.08.